The molecule has 0 spiro atoms. The molecule has 0 aliphatic carbocycles. The van der Waals surface area contributed by atoms with Gasteiger partial charge in [0, 0.05) is 32.8 Å². The smallest absolute Gasteiger partial charge is 0.123 e. The van der Waals surface area contributed by atoms with Crippen LogP contribution in [0.25, 0.3) is 0 Å². The second-order valence-electron chi connectivity index (χ2n) is 4.77. The molecule has 0 amide bonds. The molecule has 3 nitrogen and oxygen atoms in total. The molecule has 0 aromatic heterocycles. The molecular weight excluding hydrogens is 231 g/mol. The van der Waals surface area contributed by atoms with Crippen LogP contribution in [0.4, 0.5) is 4.39 Å². The highest BCUT2D eigenvalue weighted by Gasteiger charge is 2.25. The summed E-state index contributed by atoms with van der Waals surface area (Å²) in [7, 11) is 1.76. The monoisotopic (exact) mass is 252 g/mol. The number of hydrogen-bond acceptors (Lipinski definition) is 3. The fourth-order valence-electron chi connectivity index (χ4n) is 2.60. The van der Waals surface area contributed by atoms with Crippen molar-refractivity contribution in [3.05, 3.63) is 35.6 Å². The molecule has 1 unspecified atom stereocenters. The molecule has 1 fully saturated rings. The van der Waals surface area contributed by atoms with Crippen molar-refractivity contribution < 1.29 is 9.13 Å². The molecule has 4 heteroatoms. The summed E-state index contributed by atoms with van der Waals surface area (Å²) in [6.07, 6.45) is 2.44. The maximum absolute atomic E-state index is 12.9. The zero-order valence-electron chi connectivity index (χ0n) is 10.8. The molecule has 0 bridgehead atoms. The normalized spacial score (nSPS) is 19.9. The Morgan fingerprint density at radius 1 is 1.33 bits per heavy atom. The summed E-state index contributed by atoms with van der Waals surface area (Å²) in [6, 6.07) is 6.84. The number of methoxy groups -OCH3 is 1. The SMILES string of the molecule is COC1CCN(C(CN)c2ccc(F)cc2)CC1. The fraction of sp³-hybridized carbons (Fsp3) is 0.571. The van der Waals surface area contributed by atoms with Crippen LogP contribution in [0.5, 0.6) is 0 Å². The van der Waals surface area contributed by atoms with E-state index in [9.17, 15) is 4.39 Å². The van der Waals surface area contributed by atoms with E-state index in [1.54, 1.807) is 7.11 Å². The van der Waals surface area contributed by atoms with E-state index in [-0.39, 0.29) is 11.9 Å². The number of piperidine rings is 1. The number of nitrogens with zero attached hydrogens (tertiary/aromatic N) is 1. The minimum absolute atomic E-state index is 0.184. The lowest BCUT2D eigenvalue weighted by Gasteiger charge is -2.36. The molecule has 1 aliphatic heterocycles. The molecule has 1 aliphatic rings. The molecule has 1 saturated heterocycles. The lowest BCUT2D eigenvalue weighted by Crippen LogP contribution is -2.41. The first-order valence-corrected chi connectivity index (χ1v) is 6.47. The summed E-state index contributed by atoms with van der Waals surface area (Å²) in [6.45, 7) is 2.53. The predicted molar refractivity (Wildman–Crippen MR) is 69.8 cm³/mol. The first-order chi connectivity index (χ1) is 8.74. The second kappa shape index (κ2) is 6.27. The van der Waals surface area contributed by atoms with Crippen LogP contribution in [-0.2, 0) is 4.74 Å². The average molecular weight is 252 g/mol. The highest BCUT2D eigenvalue weighted by molar-refractivity contribution is 5.20. The number of hydrogen-bond donors (Lipinski definition) is 1. The van der Waals surface area contributed by atoms with Crippen LogP contribution in [-0.4, -0.2) is 37.7 Å². The van der Waals surface area contributed by atoms with Crippen molar-refractivity contribution in [2.75, 3.05) is 26.7 Å². The van der Waals surface area contributed by atoms with Crippen LogP contribution in [0.15, 0.2) is 24.3 Å². The first kappa shape index (κ1) is 13.5. The summed E-state index contributed by atoms with van der Waals surface area (Å²) < 4.78 is 18.3. The largest absolute Gasteiger partial charge is 0.381 e. The van der Waals surface area contributed by atoms with Crippen molar-refractivity contribution in [1.82, 2.24) is 4.90 Å². The highest BCUT2D eigenvalue weighted by Crippen LogP contribution is 2.24. The van der Waals surface area contributed by atoms with Crippen LogP contribution in [0.1, 0.15) is 24.4 Å². The van der Waals surface area contributed by atoms with Crippen molar-refractivity contribution in [3.8, 4) is 0 Å². The molecule has 1 atom stereocenters. The topological polar surface area (TPSA) is 38.5 Å². The summed E-state index contributed by atoms with van der Waals surface area (Å²) >= 11 is 0. The molecule has 2 rings (SSSR count). The summed E-state index contributed by atoms with van der Waals surface area (Å²) in [4.78, 5) is 2.36. The van der Waals surface area contributed by atoms with E-state index in [0.29, 0.717) is 12.6 Å². The second-order valence-corrected chi connectivity index (χ2v) is 4.77. The molecular formula is C14H21FN2O. The lowest BCUT2D eigenvalue weighted by atomic mass is 10.0. The molecule has 0 saturated carbocycles. The molecule has 2 N–H and O–H groups in total. The third-order valence-electron chi connectivity index (χ3n) is 3.73. The maximum Gasteiger partial charge on any atom is 0.123 e. The van der Waals surface area contributed by atoms with Crippen LogP contribution in [0.3, 0.4) is 0 Å². The number of rotatable bonds is 4. The van der Waals surface area contributed by atoms with E-state index >= 15 is 0 Å². The van der Waals surface area contributed by atoms with Gasteiger partial charge >= 0.3 is 0 Å². The van der Waals surface area contributed by atoms with Gasteiger partial charge in [0.2, 0.25) is 0 Å². The quantitative estimate of drug-likeness (QED) is 0.890. The predicted octanol–water partition coefficient (Wildman–Crippen LogP) is 1.94. The van der Waals surface area contributed by atoms with Gasteiger partial charge in [-0.2, -0.15) is 0 Å². The van der Waals surface area contributed by atoms with Crippen molar-refractivity contribution in [2.24, 2.45) is 5.73 Å². The number of benzene rings is 1. The number of likely N-dealkylation sites (tertiary alicyclic amines) is 1. The van der Waals surface area contributed by atoms with Crippen molar-refractivity contribution in [2.45, 2.75) is 25.0 Å². The van der Waals surface area contributed by atoms with Gasteiger partial charge in [-0.25, -0.2) is 4.39 Å². The van der Waals surface area contributed by atoms with Gasteiger partial charge in [0.05, 0.1) is 6.10 Å². The van der Waals surface area contributed by atoms with Gasteiger partial charge in [-0.3, -0.25) is 4.90 Å². The Kier molecular flexibility index (Phi) is 4.69. The van der Waals surface area contributed by atoms with Gasteiger partial charge in [0.25, 0.3) is 0 Å². The molecule has 1 aromatic rings. The maximum atomic E-state index is 12.9. The highest BCUT2D eigenvalue weighted by atomic mass is 19.1. The Labute approximate surface area is 108 Å². The Morgan fingerprint density at radius 2 is 1.94 bits per heavy atom. The number of nitrogens with two attached hydrogens (primary N) is 1. The average Bonchev–Trinajstić information content (AvgIpc) is 2.42. The summed E-state index contributed by atoms with van der Waals surface area (Å²) in [5.41, 5.74) is 6.97. The van der Waals surface area contributed by atoms with Crippen molar-refractivity contribution >= 4 is 0 Å². The zero-order valence-corrected chi connectivity index (χ0v) is 10.8. The number of halogens is 1. The zero-order chi connectivity index (χ0) is 13.0. The van der Waals surface area contributed by atoms with Gasteiger partial charge < -0.3 is 10.5 Å². The van der Waals surface area contributed by atoms with E-state index in [2.05, 4.69) is 4.90 Å². The Morgan fingerprint density at radius 3 is 2.44 bits per heavy atom. The fourth-order valence-corrected chi connectivity index (χ4v) is 2.60. The van der Waals surface area contributed by atoms with Gasteiger partial charge in [-0.1, -0.05) is 12.1 Å². The van der Waals surface area contributed by atoms with Gasteiger partial charge in [-0.05, 0) is 30.5 Å². The lowest BCUT2D eigenvalue weighted by molar-refractivity contribution is 0.0280. The third-order valence-corrected chi connectivity index (χ3v) is 3.73. The van der Waals surface area contributed by atoms with Gasteiger partial charge in [-0.15, -0.1) is 0 Å². The van der Waals surface area contributed by atoms with E-state index in [1.807, 2.05) is 12.1 Å². The minimum atomic E-state index is -0.201. The van der Waals surface area contributed by atoms with E-state index in [0.717, 1.165) is 31.5 Å². The standard InChI is InChI=1S/C14H21FN2O/c1-18-13-6-8-17(9-7-13)14(10-16)11-2-4-12(15)5-3-11/h2-5,13-14H,6-10,16H2,1H3. The molecule has 0 radical (unpaired) electrons. The van der Waals surface area contributed by atoms with E-state index in [1.165, 1.54) is 12.1 Å². The molecule has 1 aromatic carbocycles. The van der Waals surface area contributed by atoms with E-state index < -0.39 is 0 Å². The van der Waals surface area contributed by atoms with Crippen LogP contribution in [0, 0.1) is 5.82 Å². The minimum Gasteiger partial charge on any atom is -0.381 e. The van der Waals surface area contributed by atoms with E-state index in [4.69, 9.17) is 10.5 Å². The molecule has 18 heavy (non-hydrogen) atoms. The summed E-state index contributed by atoms with van der Waals surface area (Å²) in [5, 5.41) is 0. The molecule has 1 heterocycles. The Bertz CT molecular complexity index is 361. The number of ether oxygens (including phenoxy) is 1. The van der Waals surface area contributed by atoms with Crippen molar-refractivity contribution in [3.63, 3.8) is 0 Å². The Hall–Kier alpha value is -0.970. The summed E-state index contributed by atoms with van der Waals surface area (Å²) in [5.74, 6) is -0.201. The van der Waals surface area contributed by atoms with Gasteiger partial charge in [0.1, 0.15) is 5.82 Å². The van der Waals surface area contributed by atoms with Crippen molar-refractivity contribution in [1.29, 1.82) is 0 Å². The van der Waals surface area contributed by atoms with Gasteiger partial charge in [0.15, 0.2) is 0 Å². The van der Waals surface area contributed by atoms with Crippen LogP contribution >= 0.6 is 0 Å². The first-order valence-electron chi connectivity index (χ1n) is 6.47. The third kappa shape index (κ3) is 3.07. The van der Waals surface area contributed by atoms with Crippen LogP contribution < -0.4 is 5.73 Å². The molecule has 100 valence electrons. The van der Waals surface area contributed by atoms with Crippen LogP contribution in [0.2, 0.25) is 0 Å². The Balaban J connectivity index is 2.03.